The maximum absolute atomic E-state index is 12.3. The predicted molar refractivity (Wildman–Crippen MR) is 84.5 cm³/mol. The first-order valence-electron chi connectivity index (χ1n) is 5.58. The summed E-state index contributed by atoms with van der Waals surface area (Å²) in [6.45, 7) is 1.43. The number of benzene rings is 1. The molecule has 3 nitrogen and oxygen atoms in total. The highest BCUT2D eigenvalue weighted by Crippen LogP contribution is 2.21. The maximum atomic E-state index is 12.3. The van der Waals surface area contributed by atoms with Crippen LogP contribution < -0.4 is 5.73 Å². The summed E-state index contributed by atoms with van der Waals surface area (Å²) < 4.78 is 0.927. The monoisotopic (exact) mass is 400 g/mol. The number of rotatable bonds is 1. The van der Waals surface area contributed by atoms with Crippen LogP contribution in [0.1, 0.15) is 23.2 Å². The van der Waals surface area contributed by atoms with E-state index in [0.717, 1.165) is 23.0 Å². The summed E-state index contributed by atoms with van der Waals surface area (Å²) in [5, 5.41) is 0.593. The van der Waals surface area contributed by atoms with Crippen LogP contribution in [-0.2, 0) is 0 Å². The lowest BCUT2D eigenvalue weighted by molar-refractivity contribution is 0.0708. The van der Waals surface area contributed by atoms with Crippen molar-refractivity contribution >= 4 is 52.5 Å². The van der Waals surface area contributed by atoms with Gasteiger partial charge in [0.25, 0.3) is 5.91 Å². The number of nitrogens with two attached hydrogens (primary N) is 1. The fourth-order valence-corrected chi connectivity index (χ4v) is 2.76. The van der Waals surface area contributed by atoms with Crippen molar-refractivity contribution in [1.29, 1.82) is 0 Å². The minimum Gasteiger partial charge on any atom is -0.337 e. The van der Waals surface area contributed by atoms with Crippen molar-refractivity contribution in [3.63, 3.8) is 0 Å². The number of likely N-dealkylation sites (tertiary alicyclic amines) is 1. The van der Waals surface area contributed by atoms with Gasteiger partial charge in [-0.05, 0) is 53.6 Å². The number of piperidine rings is 1. The molecule has 1 heterocycles. The summed E-state index contributed by atoms with van der Waals surface area (Å²) in [5.74, 6) is 0.0343. The molecule has 0 radical (unpaired) electrons. The van der Waals surface area contributed by atoms with Crippen LogP contribution in [0.15, 0.2) is 18.2 Å². The van der Waals surface area contributed by atoms with Crippen LogP contribution in [0.3, 0.4) is 0 Å². The number of hydrogen-bond acceptors (Lipinski definition) is 2. The van der Waals surface area contributed by atoms with E-state index in [0.29, 0.717) is 17.1 Å². The zero-order valence-corrected chi connectivity index (χ0v) is 13.5. The fraction of sp³-hybridized carbons (Fsp3) is 0.417. The maximum Gasteiger partial charge on any atom is 0.255 e. The summed E-state index contributed by atoms with van der Waals surface area (Å²) in [4.78, 5) is 14.1. The van der Waals surface area contributed by atoms with Gasteiger partial charge in [-0.3, -0.25) is 4.79 Å². The van der Waals surface area contributed by atoms with Crippen LogP contribution in [0.4, 0.5) is 0 Å². The van der Waals surface area contributed by atoms with Gasteiger partial charge in [-0.15, -0.1) is 12.4 Å². The Morgan fingerprint density at radius 3 is 2.89 bits per heavy atom. The lowest BCUT2D eigenvalue weighted by Gasteiger charge is -2.31. The zero-order valence-electron chi connectivity index (χ0n) is 9.73. The molecule has 100 valence electrons. The van der Waals surface area contributed by atoms with Crippen molar-refractivity contribution in [1.82, 2.24) is 4.90 Å². The Morgan fingerprint density at radius 2 is 2.22 bits per heavy atom. The molecule has 0 aromatic heterocycles. The molecule has 0 aliphatic carbocycles. The van der Waals surface area contributed by atoms with Gasteiger partial charge in [0.1, 0.15) is 0 Å². The number of halogens is 3. The fourth-order valence-electron chi connectivity index (χ4n) is 2.03. The largest absolute Gasteiger partial charge is 0.337 e. The molecule has 1 aromatic carbocycles. The first kappa shape index (κ1) is 16.0. The van der Waals surface area contributed by atoms with Crippen LogP contribution in [0.5, 0.6) is 0 Å². The lowest BCUT2D eigenvalue weighted by Crippen LogP contribution is -2.45. The zero-order chi connectivity index (χ0) is 12.4. The minimum atomic E-state index is 0. The van der Waals surface area contributed by atoms with Crippen molar-refractivity contribution in [2.24, 2.45) is 5.73 Å². The molecule has 1 atom stereocenters. The van der Waals surface area contributed by atoms with Crippen LogP contribution in [0.25, 0.3) is 0 Å². The van der Waals surface area contributed by atoms with Crippen molar-refractivity contribution in [2.75, 3.05) is 13.1 Å². The van der Waals surface area contributed by atoms with E-state index < -0.39 is 0 Å². The van der Waals surface area contributed by atoms with Crippen LogP contribution in [0, 0.1) is 3.57 Å². The summed E-state index contributed by atoms with van der Waals surface area (Å²) in [6, 6.07) is 5.48. The lowest BCUT2D eigenvalue weighted by atomic mass is 10.1. The van der Waals surface area contributed by atoms with E-state index in [9.17, 15) is 4.79 Å². The second kappa shape index (κ2) is 6.93. The normalized spacial score (nSPS) is 19.3. The molecular formula is C12H15Cl2IN2O. The predicted octanol–water partition coefficient (Wildman–Crippen LogP) is 2.93. The van der Waals surface area contributed by atoms with Gasteiger partial charge >= 0.3 is 0 Å². The number of carbonyl (C=O) groups excluding carboxylic acids is 1. The quantitative estimate of drug-likeness (QED) is 0.736. The molecule has 6 heteroatoms. The molecule has 1 aromatic rings. The van der Waals surface area contributed by atoms with Crippen LogP contribution in [0.2, 0.25) is 5.02 Å². The van der Waals surface area contributed by atoms with Crippen molar-refractivity contribution in [3.8, 4) is 0 Å². The van der Waals surface area contributed by atoms with Crippen molar-refractivity contribution < 1.29 is 4.79 Å². The third-order valence-electron chi connectivity index (χ3n) is 2.90. The highest BCUT2D eigenvalue weighted by atomic mass is 127. The number of hydrogen-bond donors (Lipinski definition) is 1. The van der Waals surface area contributed by atoms with E-state index >= 15 is 0 Å². The Hall–Kier alpha value is -0.0400. The Labute approximate surface area is 132 Å². The molecule has 1 saturated heterocycles. The van der Waals surface area contributed by atoms with Gasteiger partial charge in [-0.25, -0.2) is 0 Å². The van der Waals surface area contributed by atoms with E-state index in [1.807, 2.05) is 11.0 Å². The molecule has 1 aliphatic rings. The number of carbonyl (C=O) groups is 1. The molecular weight excluding hydrogens is 386 g/mol. The Bertz CT molecular complexity index is 442. The van der Waals surface area contributed by atoms with Gasteiger partial charge in [-0.2, -0.15) is 0 Å². The highest BCUT2D eigenvalue weighted by Gasteiger charge is 2.23. The van der Waals surface area contributed by atoms with Crippen molar-refractivity contribution in [2.45, 2.75) is 18.9 Å². The first-order valence-corrected chi connectivity index (χ1v) is 7.03. The summed E-state index contributed by atoms with van der Waals surface area (Å²) in [5.41, 5.74) is 6.56. The molecule has 0 saturated carbocycles. The van der Waals surface area contributed by atoms with Crippen LogP contribution >= 0.6 is 46.6 Å². The third-order valence-corrected chi connectivity index (χ3v) is 4.08. The second-order valence-electron chi connectivity index (χ2n) is 4.28. The van der Waals surface area contributed by atoms with E-state index in [1.54, 1.807) is 12.1 Å². The molecule has 0 bridgehead atoms. The third kappa shape index (κ3) is 3.73. The average molecular weight is 401 g/mol. The first-order chi connectivity index (χ1) is 8.08. The van der Waals surface area contributed by atoms with Gasteiger partial charge in [0.2, 0.25) is 0 Å². The highest BCUT2D eigenvalue weighted by molar-refractivity contribution is 14.1. The second-order valence-corrected chi connectivity index (χ2v) is 5.88. The summed E-state index contributed by atoms with van der Waals surface area (Å²) >= 11 is 8.09. The SMILES string of the molecule is Cl.NC1CCCN(C(=O)c2cc(Cl)ccc2I)C1. The van der Waals surface area contributed by atoms with E-state index in [-0.39, 0.29) is 24.4 Å². The number of amides is 1. The van der Waals surface area contributed by atoms with Gasteiger partial charge < -0.3 is 10.6 Å². The average Bonchev–Trinajstić information content (AvgIpc) is 2.31. The van der Waals surface area contributed by atoms with Gasteiger partial charge in [0.05, 0.1) is 5.56 Å². The topological polar surface area (TPSA) is 46.3 Å². The molecule has 1 amide bonds. The van der Waals surface area contributed by atoms with E-state index in [4.69, 9.17) is 17.3 Å². The van der Waals surface area contributed by atoms with E-state index in [2.05, 4.69) is 22.6 Å². The molecule has 0 spiro atoms. The van der Waals surface area contributed by atoms with Gasteiger partial charge in [0.15, 0.2) is 0 Å². The molecule has 2 N–H and O–H groups in total. The molecule has 1 fully saturated rings. The van der Waals surface area contributed by atoms with Gasteiger partial charge in [0, 0.05) is 27.7 Å². The number of nitrogens with zero attached hydrogens (tertiary/aromatic N) is 1. The molecule has 18 heavy (non-hydrogen) atoms. The van der Waals surface area contributed by atoms with Crippen molar-refractivity contribution in [3.05, 3.63) is 32.4 Å². The van der Waals surface area contributed by atoms with Gasteiger partial charge in [-0.1, -0.05) is 11.6 Å². The Balaban J connectivity index is 0.00000162. The molecule has 2 rings (SSSR count). The smallest absolute Gasteiger partial charge is 0.255 e. The summed E-state index contributed by atoms with van der Waals surface area (Å²) in [7, 11) is 0. The van der Waals surface area contributed by atoms with E-state index in [1.165, 1.54) is 0 Å². The minimum absolute atomic E-state index is 0. The molecule has 1 aliphatic heterocycles. The Kier molecular flexibility index (Phi) is 6.17. The Morgan fingerprint density at radius 1 is 1.50 bits per heavy atom. The summed E-state index contributed by atoms with van der Waals surface area (Å²) in [6.07, 6.45) is 1.97. The van der Waals surface area contributed by atoms with Crippen LogP contribution in [-0.4, -0.2) is 29.9 Å². The molecule has 1 unspecified atom stereocenters. The standard InChI is InChI=1S/C12H14ClIN2O.ClH/c13-8-3-4-11(14)10(6-8)12(17)16-5-1-2-9(15)7-16;/h3-4,6,9H,1-2,5,7,15H2;1H.